The van der Waals surface area contributed by atoms with Crippen LogP contribution in [0.15, 0.2) is 9.52 Å². The number of ether oxygens (including phenoxy) is 2. The summed E-state index contributed by atoms with van der Waals surface area (Å²) in [5, 5.41) is 10.7. The maximum absolute atomic E-state index is 5.78. The van der Waals surface area contributed by atoms with Crippen molar-refractivity contribution >= 4 is 5.96 Å². The second kappa shape index (κ2) is 11.9. The zero-order valence-corrected chi connectivity index (χ0v) is 16.5. The summed E-state index contributed by atoms with van der Waals surface area (Å²) >= 11 is 0. The van der Waals surface area contributed by atoms with Gasteiger partial charge in [-0.1, -0.05) is 5.16 Å². The van der Waals surface area contributed by atoms with Crippen molar-refractivity contribution in [2.75, 3.05) is 46.6 Å². The van der Waals surface area contributed by atoms with Crippen LogP contribution in [0.2, 0.25) is 0 Å². The molecule has 1 aromatic heterocycles. The van der Waals surface area contributed by atoms with Crippen LogP contribution < -0.4 is 10.6 Å². The van der Waals surface area contributed by atoms with E-state index in [2.05, 4.69) is 20.8 Å². The van der Waals surface area contributed by atoms with Crippen LogP contribution in [0.25, 0.3) is 0 Å². The Kier molecular flexibility index (Phi) is 9.48. The fraction of sp³-hybridized carbons (Fsp3) is 0.789. The minimum absolute atomic E-state index is 0.670. The molecule has 1 fully saturated rings. The first-order valence-electron chi connectivity index (χ1n) is 9.72. The van der Waals surface area contributed by atoms with Gasteiger partial charge in [-0.15, -0.1) is 0 Å². The number of nitrogens with one attached hydrogen (secondary N) is 2. The van der Waals surface area contributed by atoms with Crippen LogP contribution in [-0.2, 0) is 15.9 Å². The van der Waals surface area contributed by atoms with Crippen molar-refractivity contribution in [3.63, 3.8) is 0 Å². The largest absolute Gasteiger partial charge is 0.381 e. The average Bonchev–Trinajstić information content (AvgIpc) is 2.98. The SMILES string of the molecule is CN=C(NCCCOCC1CCOCC1)NCCCc1c(C)noc1C. The summed E-state index contributed by atoms with van der Waals surface area (Å²) in [6.45, 7) is 9.09. The standard InChI is InChI=1S/C19H34N4O3/c1-15-18(16(2)26-23-15)6-4-9-21-19(20-3)22-10-5-11-25-14-17-7-12-24-13-8-17/h17H,4-14H2,1-3H3,(H2,20,21,22). The Balaban J connectivity index is 1.48. The molecule has 2 N–H and O–H groups in total. The van der Waals surface area contributed by atoms with Gasteiger partial charge in [0, 0.05) is 52.1 Å². The van der Waals surface area contributed by atoms with Gasteiger partial charge < -0.3 is 24.6 Å². The Labute approximate surface area is 156 Å². The molecule has 0 amide bonds. The predicted molar refractivity (Wildman–Crippen MR) is 103 cm³/mol. The molecule has 7 nitrogen and oxygen atoms in total. The molecule has 2 heterocycles. The van der Waals surface area contributed by atoms with Gasteiger partial charge >= 0.3 is 0 Å². The Hall–Kier alpha value is -1.60. The van der Waals surface area contributed by atoms with Crippen molar-refractivity contribution < 1.29 is 14.0 Å². The molecule has 26 heavy (non-hydrogen) atoms. The summed E-state index contributed by atoms with van der Waals surface area (Å²) in [6, 6.07) is 0. The van der Waals surface area contributed by atoms with E-state index in [1.54, 1.807) is 7.05 Å². The number of guanidine groups is 1. The molecule has 0 bridgehead atoms. The monoisotopic (exact) mass is 366 g/mol. The molecule has 0 aromatic carbocycles. The van der Waals surface area contributed by atoms with Crippen LogP contribution in [0.4, 0.5) is 0 Å². The van der Waals surface area contributed by atoms with Gasteiger partial charge in [-0.3, -0.25) is 4.99 Å². The normalized spacial score (nSPS) is 16.0. The number of nitrogens with zero attached hydrogens (tertiary/aromatic N) is 2. The number of aryl methyl sites for hydroxylation is 2. The fourth-order valence-corrected chi connectivity index (χ4v) is 3.10. The predicted octanol–water partition coefficient (Wildman–Crippen LogP) is 2.22. The van der Waals surface area contributed by atoms with Crippen molar-refractivity contribution in [1.82, 2.24) is 15.8 Å². The zero-order valence-electron chi connectivity index (χ0n) is 16.5. The third kappa shape index (κ3) is 7.33. The highest BCUT2D eigenvalue weighted by Crippen LogP contribution is 2.15. The topological polar surface area (TPSA) is 80.9 Å². The van der Waals surface area contributed by atoms with Crippen LogP contribution in [0, 0.1) is 19.8 Å². The highest BCUT2D eigenvalue weighted by Gasteiger charge is 2.13. The highest BCUT2D eigenvalue weighted by molar-refractivity contribution is 5.79. The first-order valence-corrected chi connectivity index (χ1v) is 9.72. The van der Waals surface area contributed by atoms with E-state index in [4.69, 9.17) is 14.0 Å². The third-order valence-corrected chi connectivity index (χ3v) is 4.75. The van der Waals surface area contributed by atoms with Crippen molar-refractivity contribution in [3.8, 4) is 0 Å². The minimum atomic E-state index is 0.670. The molecule has 148 valence electrons. The van der Waals surface area contributed by atoms with Gasteiger partial charge in [-0.05, 0) is 51.9 Å². The molecule has 0 unspecified atom stereocenters. The summed E-state index contributed by atoms with van der Waals surface area (Å²) in [5.41, 5.74) is 2.21. The molecule has 2 rings (SSSR count). The molecule has 0 aliphatic carbocycles. The lowest BCUT2D eigenvalue weighted by molar-refractivity contribution is 0.0203. The Bertz CT molecular complexity index is 519. The maximum Gasteiger partial charge on any atom is 0.190 e. The lowest BCUT2D eigenvalue weighted by Crippen LogP contribution is -2.38. The van der Waals surface area contributed by atoms with Crippen LogP contribution in [0.5, 0.6) is 0 Å². The minimum Gasteiger partial charge on any atom is -0.381 e. The number of rotatable bonds is 10. The molecule has 1 aliphatic rings. The Morgan fingerprint density at radius 2 is 1.92 bits per heavy atom. The van der Waals surface area contributed by atoms with Gasteiger partial charge in [-0.2, -0.15) is 0 Å². The first kappa shape index (κ1) is 20.7. The van der Waals surface area contributed by atoms with Crippen molar-refractivity contribution in [3.05, 3.63) is 17.0 Å². The number of aromatic nitrogens is 1. The van der Waals surface area contributed by atoms with E-state index >= 15 is 0 Å². The van der Waals surface area contributed by atoms with E-state index in [1.807, 2.05) is 13.8 Å². The van der Waals surface area contributed by atoms with E-state index in [0.717, 1.165) is 89.0 Å². The second-order valence-electron chi connectivity index (χ2n) is 6.82. The molecule has 0 saturated carbocycles. The van der Waals surface area contributed by atoms with Gasteiger partial charge in [0.15, 0.2) is 5.96 Å². The van der Waals surface area contributed by atoms with Crippen LogP contribution >= 0.6 is 0 Å². The number of hydrogen-bond donors (Lipinski definition) is 2. The average molecular weight is 367 g/mol. The van der Waals surface area contributed by atoms with E-state index in [9.17, 15) is 0 Å². The van der Waals surface area contributed by atoms with Crippen LogP contribution in [0.1, 0.15) is 42.7 Å². The lowest BCUT2D eigenvalue weighted by atomic mass is 10.0. The van der Waals surface area contributed by atoms with Gasteiger partial charge in [-0.25, -0.2) is 0 Å². The molecule has 1 aromatic rings. The highest BCUT2D eigenvalue weighted by atomic mass is 16.5. The molecule has 0 spiro atoms. The molecule has 1 saturated heterocycles. The van der Waals surface area contributed by atoms with Crippen LogP contribution in [-0.4, -0.2) is 57.7 Å². The third-order valence-electron chi connectivity index (χ3n) is 4.75. The van der Waals surface area contributed by atoms with Gasteiger partial charge in [0.1, 0.15) is 5.76 Å². The van der Waals surface area contributed by atoms with E-state index in [-0.39, 0.29) is 0 Å². The Morgan fingerprint density at radius 3 is 2.58 bits per heavy atom. The van der Waals surface area contributed by atoms with Gasteiger partial charge in [0.05, 0.1) is 5.69 Å². The first-order chi connectivity index (χ1) is 12.7. The van der Waals surface area contributed by atoms with Crippen molar-refractivity contribution in [1.29, 1.82) is 0 Å². The molecule has 7 heteroatoms. The molecular formula is C19H34N4O3. The fourth-order valence-electron chi connectivity index (χ4n) is 3.10. The molecule has 0 radical (unpaired) electrons. The molecule has 1 aliphatic heterocycles. The summed E-state index contributed by atoms with van der Waals surface area (Å²) in [7, 11) is 1.80. The molecule has 0 atom stereocenters. The van der Waals surface area contributed by atoms with Gasteiger partial charge in [0.25, 0.3) is 0 Å². The van der Waals surface area contributed by atoms with Crippen LogP contribution in [0.3, 0.4) is 0 Å². The number of aliphatic imine (C=N–C) groups is 1. The van der Waals surface area contributed by atoms with Crippen molar-refractivity contribution in [2.24, 2.45) is 10.9 Å². The molecular weight excluding hydrogens is 332 g/mol. The maximum atomic E-state index is 5.78. The summed E-state index contributed by atoms with van der Waals surface area (Å²) < 4.78 is 16.3. The summed E-state index contributed by atoms with van der Waals surface area (Å²) in [6.07, 6.45) is 5.21. The van der Waals surface area contributed by atoms with Crippen molar-refractivity contribution in [2.45, 2.75) is 46.0 Å². The van der Waals surface area contributed by atoms with Gasteiger partial charge in [0.2, 0.25) is 0 Å². The quantitative estimate of drug-likeness (QED) is 0.375. The van der Waals surface area contributed by atoms with E-state index in [1.165, 1.54) is 5.56 Å². The Morgan fingerprint density at radius 1 is 1.19 bits per heavy atom. The van der Waals surface area contributed by atoms with E-state index in [0.29, 0.717) is 5.92 Å². The summed E-state index contributed by atoms with van der Waals surface area (Å²) in [5.74, 6) is 2.43. The smallest absolute Gasteiger partial charge is 0.190 e. The van der Waals surface area contributed by atoms with E-state index < -0.39 is 0 Å². The number of hydrogen-bond acceptors (Lipinski definition) is 5. The summed E-state index contributed by atoms with van der Waals surface area (Å²) in [4.78, 5) is 4.26. The lowest BCUT2D eigenvalue weighted by Gasteiger charge is -2.21. The zero-order chi connectivity index (χ0) is 18.6. The second-order valence-corrected chi connectivity index (χ2v) is 6.82.